The summed E-state index contributed by atoms with van der Waals surface area (Å²) in [4.78, 5) is 0. The molecule has 14 N–H and O–H groups in total. The molecule has 31 atom stereocenters. The molecule has 4 heterocycles. The van der Waals surface area contributed by atoms with Crippen molar-refractivity contribution in [3.05, 3.63) is 11.6 Å². The van der Waals surface area contributed by atoms with Gasteiger partial charge in [-0.1, -0.05) is 53.2 Å². The van der Waals surface area contributed by atoms with Crippen LogP contribution in [0.2, 0.25) is 0 Å². The van der Waals surface area contributed by atoms with Gasteiger partial charge in [0.05, 0.1) is 56.9 Å². The molecular weight excluding hydrogens is 1030 g/mol. The van der Waals surface area contributed by atoms with Crippen LogP contribution in [0.3, 0.4) is 0 Å². The molecule has 9 rings (SSSR count). The van der Waals surface area contributed by atoms with Gasteiger partial charge in [0, 0.05) is 23.9 Å². The molecule has 23 nitrogen and oxygen atoms in total. The quantitative estimate of drug-likeness (QED) is 0.0705. The van der Waals surface area contributed by atoms with Gasteiger partial charge >= 0.3 is 0 Å². The maximum absolute atomic E-state index is 12.3. The minimum absolute atomic E-state index is 0.000721. The number of ether oxygens (including phenoxy) is 9. The molecule has 23 heteroatoms. The monoisotopic (exact) mass is 1120 g/mol. The molecule has 4 saturated carbocycles. The number of aliphatic hydroxyl groups is 14. The van der Waals surface area contributed by atoms with Gasteiger partial charge in [-0.05, 0) is 98.7 Å². The second kappa shape index (κ2) is 22.3. The molecule has 450 valence electrons. The van der Waals surface area contributed by atoms with Crippen LogP contribution in [0.4, 0.5) is 0 Å². The molecule has 0 aromatic heterocycles. The Balaban J connectivity index is 1.02. The lowest BCUT2D eigenvalue weighted by molar-refractivity contribution is -0.403. The average molecular weight is 1120 g/mol. The van der Waals surface area contributed by atoms with Crippen LogP contribution in [-0.4, -0.2) is 246 Å². The molecule has 0 spiro atoms. The SMILES string of the molecule is CO[C@@H]1C=C2[C@@H]3CC(C)(C)CC[C@]3(CO)[C@@H](O)C[C@@]2(C)[C@]2(C)CC[C@H]3[C@](C)(CO)[C@@H](O[C@@H]4O[C@H](C)[C@H](O)[C@H](O[C@@H]5O[C@H](CO)[C@@H](O[C@@H]6O[C@@H](C)[C@H](O)[C@@H](O)[C@H]6O)[C@H](O)[C@H]5O)[C@H]4O[C@@H]4O[C@H](CO)[C@@H](O)[C@H](O)[C@H]4O)CC[C@]3(C)[C@@H]12. The zero-order chi connectivity index (χ0) is 57.1. The molecule has 0 aromatic rings. The van der Waals surface area contributed by atoms with E-state index in [1.165, 1.54) is 19.4 Å². The van der Waals surface area contributed by atoms with Gasteiger partial charge in [0.25, 0.3) is 0 Å². The zero-order valence-corrected chi connectivity index (χ0v) is 46.5. The summed E-state index contributed by atoms with van der Waals surface area (Å²) < 4.78 is 55.9. The summed E-state index contributed by atoms with van der Waals surface area (Å²) in [6.07, 6.45) is -27.7. The minimum atomic E-state index is -2.03. The third-order valence-electron chi connectivity index (χ3n) is 21.9. The van der Waals surface area contributed by atoms with E-state index in [9.17, 15) is 71.5 Å². The highest BCUT2D eigenvalue weighted by Gasteiger charge is 2.73. The predicted octanol–water partition coefficient (Wildman–Crippen LogP) is -1.94. The highest BCUT2D eigenvalue weighted by Crippen LogP contribution is 2.76. The number of allylic oxidation sites excluding steroid dienone is 1. The van der Waals surface area contributed by atoms with E-state index in [4.69, 9.17) is 42.6 Å². The van der Waals surface area contributed by atoms with Crippen molar-refractivity contribution < 1.29 is 114 Å². The number of hydrogen-bond donors (Lipinski definition) is 14. The highest BCUT2D eigenvalue weighted by molar-refractivity contribution is 5.37. The van der Waals surface area contributed by atoms with Crippen LogP contribution in [-0.2, 0) is 42.6 Å². The summed E-state index contributed by atoms with van der Waals surface area (Å²) >= 11 is 0. The summed E-state index contributed by atoms with van der Waals surface area (Å²) in [5.74, 6) is -0.364. The van der Waals surface area contributed by atoms with Crippen LogP contribution in [0.1, 0.15) is 107 Å². The molecule has 0 aromatic carbocycles. The molecule has 78 heavy (non-hydrogen) atoms. The second-order valence-corrected chi connectivity index (χ2v) is 26.6. The normalized spacial score (nSPS) is 56.2. The van der Waals surface area contributed by atoms with E-state index in [0.717, 1.165) is 19.3 Å². The van der Waals surface area contributed by atoms with Crippen LogP contribution in [0.15, 0.2) is 11.6 Å². The van der Waals surface area contributed by atoms with E-state index in [-0.39, 0.29) is 42.5 Å². The standard InChI is InChI=1S/C55H92O23/c1-23-33(61)36(64)39(67)46(71-23)76-42-29(20-57)74-48(41(69)38(42)66)77-43-34(62)24(2)72-49(44(43)78-47-40(68)37(65)35(63)28(19-56)73-47)75-32-11-12-51(5)30(52(32,6)21-58)10-13-53(7)45(51)27(70-9)16-25-26-17-50(3,4)14-15-55(26,22-59)31(60)18-54(25,53)8/h16,23-24,26-49,56-69H,10-15,17-22H2,1-9H3/t23-,24+,26-,27+,28+,29+,30+,31-,32-,33-,34-,35+,36+,37-,38+,39+,40+,41+,42+,43-,44+,45+,46-,47-,48-,49-,51-,52-,53+,54+,55+/m0/s1. The van der Waals surface area contributed by atoms with E-state index in [1.807, 2.05) is 6.92 Å². The van der Waals surface area contributed by atoms with Gasteiger partial charge in [-0.2, -0.15) is 0 Å². The Labute approximate surface area is 456 Å². The van der Waals surface area contributed by atoms with Crippen LogP contribution in [0, 0.1) is 50.2 Å². The molecule has 4 aliphatic heterocycles. The van der Waals surface area contributed by atoms with Crippen LogP contribution in [0.25, 0.3) is 0 Å². The molecule has 0 amide bonds. The lowest BCUT2D eigenvalue weighted by atomic mass is 9.32. The second-order valence-electron chi connectivity index (χ2n) is 26.6. The van der Waals surface area contributed by atoms with Crippen molar-refractivity contribution >= 4 is 0 Å². The summed E-state index contributed by atoms with van der Waals surface area (Å²) in [6, 6.07) is 0. The van der Waals surface area contributed by atoms with Crippen molar-refractivity contribution in [2.75, 3.05) is 33.5 Å². The Morgan fingerprint density at radius 2 is 1.10 bits per heavy atom. The average Bonchev–Trinajstić information content (AvgIpc) is 3.22. The molecule has 0 radical (unpaired) electrons. The molecule has 4 saturated heterocycles. The minimum Gasteiger partial charge on any atom is -0.396 e. The van der Waals surface area contributed by atoms with Crippen LogP contribution in [0.5, 0.6) is 0 Å². The fourth-order valence-corrected chi connectivity index (χ4v) is 16.9. The largest absolute Gasteiger partial charge is 0.396 e. The van der Waals surface area contributed by atoms with Crippen LogP contribution < -0.4 is 0 Å². The zero-order valence-electron chi connectivity index (χ0n) is 46.5. The first-order valence-corrected chi connectivity index (χ1v) is 28.3. The fourth-order valence-electron chi connectivity index (χ4n) is 16.9. The first kappa shape index (κ1) is 61.4. The van der Waals surface area contributed by atoms with Gasteiger partial charge in [-0.25, -0.2) is 0 Å². The maximum Gasteiger partial charge on any atom is 0.187 e. The molecule has 8 fully saturated rings. The van der Waals surface area contributed by atoms with Gasteiger partial charge in [0.1, 0.15) is 85.5 Å². The summed E-state index contributed by atoms with van der Waals surface area (Å²) in [7, 11) is 1.73. The number of hydrogen-bond acceptors (Lipinski definition) is 23. The number of methoxy groups -OCH3 is 1. The summed E-state index contributed by atoms with van der Waals surface area (Å²) in [6.45, 7) is 14.2. The molecular formula is C55H92O23. The van der Waals surface area contributed by atoms with E-state index in [2.05, 4.69) is 40.7 Å². The van der Waals surface area contributed by atoms with Gasteiger partial charge in [0.2, 0.25) is 0 Å². The van der Waals surface area contributed by atoms with E-state index in [1.54, 1.807) is 7.11 Å². The third-order valence-corrected chi connectivity index (χ3v) is 21.9. The van der Waals surface area contributed by atoms with Gasteiger partial charge in [-0.3, -0.25) is 0 Å². The van der Waals surface area contributed by atoms with Crippen molar-refractivity contribution in [3.8, 4) is 0 Å². The van der Waals surface area contributed by atoms with Gasteiger partial charge in [-0.15, -0.1) is 0 Å². The van der Waals surface area contributed by atoms with Crippen molar-refractivity contribution in [2.45, 2.75) is 248 Å². The summed E-state index contributed by atoms with van der Waals surface area (Å²) in [5, 5.41) is 155. The maximum atomic E-state index is 12.3. The Morgan fingerprint density at radius 3 is 1.72 bits per heavy atom. The first-order valence-electron chi connectivity index (χ1n) is 28.3. The van der Waals surface area contributed by atoms with Crippen LogP contribution >= 0.6 is 0 Å². The van der Waals surface area contributed by atoms with Crippen molar-refractivity contribution in [3.63, 3.8) is 0 Å². The number of fused-ring (bicyclic) bond motifs is 7. The van der Waals surface area contributed by atoms with Crippen molar-refractivity contribution in [1.82, 2.24) is 0 Å². The molecule has 0 bridgehead atoms. The van der Waals surface area contributed by atoms with E-state index >= 15 is 0 Å². The van der Waals surface area contributed by atoms with E-state index < -0.39 is 175 Å². The molecule has 5 aliphatic carbocycles. The summed E-state index contributed by atoms with van der Waals surface area (Å²) in [5.41, 5.74) is -1.77. The Kier molecular flexibility index (Phi) is 17.6. The lowest BCUT2D eigenvalue weighted by Gasteiger charge is -2.73. The number of aliphatic hydroxyl groups excluding tert-OH is 14. The van der Waals surface area contributed by atoms with Gasteiger partial charge < -0.3 is 114 Å². The Hall–Kier alpha value is -1.18. The number of rotatable bonds is 13. The first-order chi connectivity index (χ1) is 36.6. The fraction of sp³-hybridized carbons (Fsp3) is 0.964. The highest BCUT2D eigenvalue weighted by atomic mass is 16.8. The van der Waals surface area contributed by atoms with Crippen molar-refractivity contribution in [1.29, 1.82) is 0 Å². The van der Waals surface area contributed by atoms with E-state index in [0.29, 0.717) is 32.1 Å². The Bertz CT molecular complexity index is 2100. The van der Waals surface area contributed by atoms with Gasteiger partial charge in [0.15, 0.2) is 25.2 Å². The molecule has 0 unspecified atom stereocenters. The third kappa shape index (κ3) is 9.72. The lowest BCUT2D eigenvalue weighted by Crippen LogP contribution is -2.70. The topological polar surface area (TPSA) is 366 Å². The Morgan fingerprint density at radius 1 is 0.538 bits per heavy atom. The molecule has 9 aliphatic rings. The smallest absolute Gasteiger partial charge is 0.187 e. The predicted molar refractivity (Wildman–Crippen MR) is 269 cm³/mol. The van der Waals surface area contributed by atoms with Crippen molar-refractivity contribution in [2.24, 2.45) is 50.2 Å².